The molecule has 0 saturated carbocycles. The molecule has 0 amide bonds. The molecular weight excluding hydrogens is 334 g/mol. The van der Waals surface area contributed by atoms with Gasteiger partial charge in [0.25, 0.3) is 0 Å². The molecule has 0 atom stereocenters. The van der Waals surface area contributed by atoms with Gasteiger partial charge < -0.3 is 5.11 Å². The molecule has 1 aliphatic heterocycles. The fraction of sp³-hybridized carbons (Fsp3) is 0.350. The third-order valence-corrected chi connectivity index (χ3v) is 4.72. The highest BCUT2D eigenvalue weighted by Gasteiger charge is 2.16. The molecule has 4 nitrogen and oxygen atoms in total. The first-order valence-electron chi connectivity index (χ1n) is 8.72. The van der Waals surface area contributed by atoms with Crippen molar-refractivity contribution in [3.63, 3.8) is 0 Å². The average Bonchev–Trinajstić information content (AvgIpc) is 2.64. The number of aromatic hydroxyl groups is 1. The van der Waals surface area contributed by atoms with Crippen LogP contribution in [0.3, 0.4) is 0 Å². The third-order valence-electron chi connectivity index (χ3n) is 4.47. The van der Waals surface area contributed by atoms with E-state index in [9.17, 15) is 5.11 Å². The summed E-state index contributed by atoms with van der Waals surface area (Å²) in [6, 6.07) is 15.4. The number of phenolic OH excluding ortho intramolecular Hbond substituents is 1. The Bertz CT molecular complexity index is 705. The van der Waals surface area contributed by atoms with Crippen LogP contribution in [-0.2, 0) is 6.54 Å². The summed E-state index contributed by atoms with van der Waals surface area (Å²) in [6.07, 6.45) is 0.871. The molecule has 0 radical (unpaired) electrons. The second kappa shape index (κ2) is 8.37. The molecular formula is C20H24ClN3O. The molecule has 132 valence electrons. The van der Waals surface area contributed by atoms with Gasteiger partial charge in [0, 0.05) is 37.7 Å². The zero-order valence-corrected chi connectivity index (χ0v) is 15.3. The van der Waals surface area contributed by atoms with Crippen molar-refractivity contribution in [2.75, 3.05) is 26.2 Å². The lowest BCUT2D eigenvalue weighted by Crippen LogP contribution is -2.43. The summed E-state index contributed by atoms with van der Waals surface area (Å²) in [5.74, 6) is 0.287. The Morgan fingerprint density at radius 3 is 2.24 bits per heavy atom. The minimum Gasteiger partial charge on any atom is -0.508 e. The van der Waals surface area contributed by atoms with Gasteiger partial charge in [-0.3, -0.25) is 9.91 Å². The zero-order chi connectivity index (χ0) is 17.6. The summed E-state index contributed by atoms with van der Waals surface area (Å²) < 4.78 is 0. The van der Waals surface area contributed by atoms with E-state index in [0.29, 0.717) is 0 Å². The summed E-state index contributed by atoms with van der Waals surface area (Å²) >= 11 is 5.95. The quantitative estimate of drug-likeness (QED) is 0.823. The van der Waals surface area contributed by atoms with Gasteiger partial charge in [-0.25, -0.2) is 0 Å². The number of piperazine rings is 1. The fourth-order valence-electron chi connectivity index (χ4n) is 3.00. The van der Waals surface area contributed by atoms with E-state index in [1.54, 1.807) is 12.1 Å². The maximum atomic E-state index is 9.43. The smallest absolute Gasteiger partial charge is 0.115 e. The van der Waals surface area contributed by atoms with Crippen molar-refractivity contribution >= 4 is 17.3 Å². The van der Waals surface area contributed by atoms with Crippen molar-refractivity contribution in [1.29, 1.82) is 0 Å². The third kappa shape index (κ3) is 4.97. The Kier molecular flexibility index (Phi) is 5.95. The Balaban J connectivity index is 1.57. The lowest BCUT2D eigenvalue weighted by atomic mass is 10.1. The zero-order valence-electron chi connectivity index (χ0n) is 14.5. The molecule has 0 spiro atoms. The SMILES string of the molecule is CCC(=NN1CCN(Cc2ccc(Cl)cc2)CC1)c1ccc(O)cc1. The number of rotatable bonds is 5. The Labute approximate surface area is 154 Å². The highest BCUT2D eigenvalue weighted by atomic mass is 35.5. The Hall–Kier alpha value is -2.04. The van der Waals surface area contributed by atoms with E-state index >= 15 is 0 Å². The molecule has 0 unspecified atom stereocenters. The van der Waals surface area contributed by atoms with Gasteiger partial charge in [0.2, 0.25) is 0 Å². The normalized spacial score (nSPS) is 16.2. The van der Waals surface area contributed by atoms with Gasteiger partial charge in [0.05, 0.1) is 5.71 Å². The summed E-state index contributed by atoms with van der Waals surface area (Å²) in [7, 11) is 0. The molecule has 2 aromatic carbocycles. The number of benzene rings is 2. The van der Waals surface area contributed by atoms with Gasteiger partial charge in [-0.2, -0.15) is 5.10 Å². The molecule has 2 aromatic rings. The lowest BCUT2D eigenvalue weighted by molar-refractivity contribution is 0.130. The van der Waals surface area contributed by atoms with Crippen LogP contribution < -0.4 is 0 Å². The van der Waals surface area contributed by atoms with Crippen molar-refractivity contribution in [2.24, 2.45) is 5.10 Å². The van der Waals surface area contributed by atoms with Crippen LogP contribution in [-0.4, -0.2) is 46.9 Å². The molecule has 5 heteroatoms. The molecule has 0 aliphatic carbocycles. The van der Waals surface area contributed by atoms with Crippen molar-refractivity contribution in [2.45, 2.75) is 19.9 Å². The number of hydrazone groups is 1. The van der Waals surface area contributed by atoms with E-state index in [4.69, 9.17) is 16.7 Å². The van der Waals surface area contributed by atoms with Crippen molar-refractivity contribution in [3.8, 4) is 5.75 Å². The first-order valence-corrected chi connectivity index (χ1v) is 9.10. The minimum atomic E-state index is 0.287. The van der Waals surface area contributed by atoms with Gasteiger partial charge in [-0.1, -0.05) is 30.7 Å². The van der Waals surface area contributed by atoms with E-state index in [1.807, 2.05) is 24.3 Å². The van der Waals surface area contributed by atoms with E-state index < -0.39 is 0 Å². The van der Waals surface area contributed by atoms with E-state index in [0.717, 1.165) is 55.4 Å². The first kappa shape index (κ1) is 17.8. The maximum absolute atomic E-state index is 9.43. The van der Waals surface area contributed by atoms with E-state index in [-0.39, 0.29) is 5.75 Å². The average molecular weight is 358 g/mol. The molecule has 3 rings (SSSR count). The summed E-state index contributed by atoms with van der Waals surface area (Å²) in [5, 5.41) is 17.2. The van der Waals surface area contributed by atoms with Crippen molar-refractivity contribution in [1.82, 2.24) is 9.91 Å². The van der Waals surface area contributed by atoms with Gasteiger partial charge >= 0.3 is 0 Å². The summed E-state index contributed by atoms with van der Waals surface area (Å²) in [6.45, 7) is 6.91. The Morgan fingerprint density at radius 1 is 1.00 bits per heavy atom. The number of nitrogens with zero attached hydrogens (tertiary/aromatic N) is 3. The van der Waals surface area contributed by atoms with Gasteiger partial charge in [0.15, 0.2) is 0 Å². The number of hydrogen-bond donors (Lipinski definition) is 1. The minimum absolute atomic E-state index is 0.287. The monoisotopic (exact) mass is 357 g/mol. The fourth-order valence-corrected chi connectivity index (χ4v) is 3.13. The largest absolute Gasteiger partial charge is 0.508 e. The molecule has 1 heterocycles. The second-order valence-electron chi connectivity index (χ2n) is 6.30. The molecule has 1 aliphatic rings. The first-order chi connectivity index (χ1) is 12.1. The molecule has 1 fully saturated rings. The predicted molar refractivity (Wildman–Crippen MR) is 103 cm³/mol. The van der Waals surface area contributed by atoms with Gasteiger partial charge in [-0.15, -0.1) is 0 Å². The Morgan fingerprint density at radius 2 is 1.64 bits per heavy atom. The van der Waals surface area contributed by atoms with Gasteiger partial charge in [-0.05, 0) is 53.9 Å². The van der Waals surface area contributed by atoms with Crippen LogP contribution >= 0.6 is 11.6 Å². The van der Waals surface area contributed by atoms with Crippen LogP contribution in [0.2, 0.25) is 5.02 Å². The van der Waals surface area contributed by atoms with Crippen LogP contribution in [0.1, 0.15) is 24.5 Å². The summed E-state index contributed by atoms with van der Waals surface area (Å²) in [5.41, 5.74) is 3.43. The van der Waals surface area contributed by atoms with Gasteiger partial charge in [0.1, 0.15) is 5.75 Å². The molecule has 25 heavy (non-hydrogen) atoms. The van der Waals surface area contributed by atoms with Crippen LogP contribution in [0.15, 0.2) is 53.6 Å². The van der Waals surface area contributed by atoms with Crippen molar-refractivity contribution in [3.05, 3.63) is 64.7 Å². The predicted octanol–water partition coefficient (Wildman–Crippen LogP) is 3.98. The summed E-state index contributed by atoms with van der Waals surface area (Å²) in [4.78, 5) is 2.45. The van der Waals surface area contributed by atoms with Crippen molar-refractivity contribution < 1.29 is 5.11 Å². The standard InChI is InChI=1S/C20H24ClN3O/c1-2-20(17-5-9-19(25)10-6-17)22-24-13-11-23(12-14-24)15-16-3-7-18(21)8-4-16/h3-10,25H,2,11-15H2,1H3. The molecule has 0 bridgehead atoms. The second-order valence-corrected chi connectivity index (χ2v) is 6.74. The molecule has 1 saturated heterocycles. The highest BCUT2D eigenvalue weighted by molar-refractivity contribution is 6.30. The number of halogens is 1. The van der Waals surface area contributed by atoms with Crippen LogP contribution in [0.25, 0.3) is 0 Å². The molecule has 0 aromatic heterocycles. The number of hydrogen-bond acceptors (Lipinski definition) is 4. The maximum Gasteiger partial charge on any atom is 0.115 e. The van der Waals surface area contributed by atoms with Crippen LogP contribution in [0.4, 0.5) is 0 Å². The number of phenols is 1. The van der Waals surface area contributed by atoms with Crippen LogP contribution in [0, 0.1) is 0 Å². The van der Waals surface area contributed by atoms with E-state index in [1.165, 1.54) is 5.56 Å². The lowest BCUT2D eigenvalue weighted by Gasteiger charge is -2.33. The topological polar surface area (TPSA) is 39.1 Å². The highest BCUT2D eigenvalue weighted by Crippen LogP contribution is 2.15. The van der Waals surface area contributed by atoms with E-state index in [2.05, 4.69) is 29.0 Å². The molecule has 1 N–H and O–H groups in total. The van der Waals surface area contributed by atoms with Crippen LogP contribution in [0.5, 0.6) is 5.75 Å².